The van der Waals surface area contributed by atoms with Crippen molar-refractivity contribution in [1.82, 2.24) is 0 Å². The number of allylic oxidation sites excluding steroid dienone is 6. The molecule has 11 rings (SSSR count). The van der Waals surface area contributed by atoms with Crippen LogP contribution in [0.1, 0.15) is 12.8 Å². The lowest BCUT2D eigenvalue weighted by atomic mass is 9.79. The Hall–Kier alpha value is -8.14. The van der Waals surface area contributed by atoms with Crippen LogP contribution in [0.25, 0.3) is 55.3 Å². The summed E-state index contributed by atoms with van der Waals surface area (Å²) >= 11 is 0. The van der Waals surface area contributed by atoms with E-state index >= 15 is 0 Å². The van der Waals surface area contributed by atoms with Gasteiger partial charge in [0.25, 0.3) is 0 Å². The van der Waals surface area contributed by atoms with E-state index in [2.05, 4.69) is 292 Å². The Morgan fingerprint density at radius 1 is 0.347 bits per heavy atom. The molecule has 0 spiro atoms. The van der Waals surface area contributed by atoms with Crippen LogP contribution in [-0.2, 0) is 0 Å². The number of rotatable bonds is 14. The van der Waals surface area contributed by atoms with Crippen molar-refractivity contribution < 1.29 is 0 Å². The fourth-order valence-electron chi connectivity index (χ4n) is 10.8. The molecule has 10 aromatic carbocycles. The van der Waals surface area contributed by atoms with E-state index in [1.807, 2.05) is 12.2 Å². The third-order valence-electron chi connectivity index (χ3n) is 13.9. The average Bonchev–Trinajstić information content (AvgIpc) is 3.47. The SMILES string of the molecule is C=C/C=C(\C=C)S(c1ccccc1)(c1ccccc1)c1ccc(-c2c(-c3ccc(S(C4=CCCC=C4)(c4ccccc4)c4ccccc4)cc3)c(-c3ccccc3)c3ccccc3c2-c2ccccc2)cc1. The molecule has 0 nitrogen and oxygen atoms in total. The Bertz CT molecular complexity index is 3520. The summed E-state index contributed by atoms with van der Waals surface area (Å²) in [4.78, 5) is 10.2. The molecule has 2 heteroatoms. The fraction of sp³-hybridized carbons (Fsp3) is 0.0286. The minimum absolute atomic E-state index is 1.03. The number of hydrogen-bond acceptors (Lipinski definition) is 0. The summed E-state index contributed by atoms with van der Waals surface area (Å²) in [5, 5.41) is 2.43. The highest BCUT2D eigenvalue weighted by molar-refractivity contribution is 8.37. The second-order valence-electron chi connectivity index (χ2n) is 17.9. The number of hydrogen-bond donors (Lipinski definition) is 0. The molecular formula is C70H56S2. The van der Waals surface area contributed by atoms with Gasteiger partial charge in [0.05, 0.1) is 0 Å². The average molecular weight is 961 g/mol. The quantitative estimate of drug-likeness (QED) is 0.0953. The van der Waals surface area contributed by atoms with Gasteiger partial charge in [-0.15, -0.1) is 20.1 Å². The van der Waals surface area contributed by atoms with E-state index in [-0.39, 0.29) is 0 Å². The van der Waals surface area contributed by atoms with Crippen molar-refractivity contribution >= 4 is 30.8 Å². The second-order valence-corrected chi connectivity index (χ2v) is 24.1. The normalized spacial score (nSPS) is 13.3. The smallest absolute Gasteiger partial charge is 0.00233 e. The second kappa shape index (κ2) is 20.7. The van der Waals surface area contributed by atoms with E-state index in [4.69, 9.17) is 0 Å². The minimum Gasteiger partial charge on any atom is -0.133 e. The maximum atomic E-state index is 4.43. The van der Waals surface area contributed by atoms with Crippen LogP contribution in [0.5, 0.6) is 0 Å². The van der Waals surface area contributed by atoms with Gasteiger partial charge in [0, 0.05) is 34.3 Å². The van der Waals surface area contributed by atoms with E-state index in [1.165, 1.54) is 84.0 Å². The minimum atomic E-state index is -2.00. The maximum absolute atomic E-state index is 4.43. The molecule has 0 heterocycles. The first-order valence-electron chi connectivity index (χ1n) is 24.8. The Balaban J connectivity index is 1.22. The molecule has 0 unspecified atom stereocenters. The first-order valence-corrected chi connectivity index (χ1v) is 28.0. The van der Waals surface area contributed by atoms with E-state index in [1.54, 1.807) is 0 Å². The van der Waals surface area contributed by atoms with E-state index in [9.17, 15) is 0 Å². The zero-order valence-corrected chi connectivity index (χ0v) is 42.0. The zero-order chi connectivity index (χ0) is 48.7. The maximum Gasteiger partial charge on any atom is 0.00233 e. The highest BCUT2D eigenvalue weighted by atomic mass is 32.3. The molecule has 0 saturated heterocycles. The molecule has 0 amide bonds. The molecule has 0 saturated carbocycles. The van der Waals surface area contributed by atoms with Crippen LogP contribution in [0.15, 0.2) is 344 Å². The van der Waals surface area contributed by atoms with Gasteiger partial charge in [0.15, 0.2) is 0 Å². The predicted molar refractivity (Wildman–Crippen MR) is 311 cm³/mol. The summed E-state index contributed by atoms with van der Waals surface area (Å²) in [6, 6.07) is 94.5. The topological polar surface area (TPSA) is 0 Å². The van der Waals surface area contributed by atoms with Crippen LogP contribution in [0, 0.1) is 0 Å². The van der Waals surface area contributed by atoms with Gasteiger partial charge in [-0.25, -0.2) is 0 Å². The number of benzene rings is 10. The van der Waals surface area contributed by atoms with Crippen molar-refractivity contribution in [2.75, 3.05) is 0 Å². The van der Waals surface area contributed by atoms with Crippen LogP contribution in [0.4, 0.5) is 0 Å². The number of fused-ring (bicyclic) bond motifs is 1. The Labute approximate surface area is 429 Å². The van der Waals surface area contributed by atoms with Crippen molar-refractivity contribution in [3.05, 3.63) is 314 Å². The Morgan fingerprint density at radius 2 is 0.694 bits per heavy atom. The van der Waals surface area contributed by atoms with E-state index in [0.717, 1.165) is 23.3 Å². The van der Waals surface area contributed by atoms with E-state index in [0.29, 0.717) is 0 Å². The molecule has 348 valence electrons. The Kier molecular flexibility index (Phi) is 13.3. The molecule has 0 N–H and O–H groups in total. The molecule has 0 bridgehead atoms. The van der Waals surface area contributed by atoms with Crippen LogP contribution < -0.4 is 0 Å². The summed E-state index contributed by atoms with van der Waals surface area (Å²) in [6.07, 6.45) is 15.4. The first kappa shape index (κ1) is 46.3. The summed E-state index contributed by atoms with van der Waals surface area (Å²) in [7, 11) is -3.87. The van der Waals surface area contributed by atoms with Gasteiger partial charge >= 0.3 is 0 Å². The monoisotopic (exact) mass is 960 g/mol. The summed E-state index contributed by atoms with van der Waals surface area (Å²) < 4.78 is 0. The highest BCUT2D eigenvalue weighted by Crippen LogP contribution is 2.75. The zero-order valence-electron chi connectivity index (χ0n) is 40.4. The Morgan fingerprint density at radius 3 is 1.08 bits per heavy atom. The van der Waals surface area contributed by atoms with Crippen LogP contribution in [0.3, 0.4) is 0 Å². The van der Waals surface area contributed by atoms with Crippen LogP contribution in [-0.4, -0.2) is 0 Å². The van der Waals surface area contributed by atoms with Gasteiger partial charge in [-0.05, 0) is 152 Å². The molecule has 1 aliphatic rings. The van der Waals surface area contributed by atoms with Gasteiger partial charge in [0.1, 0.15) is 0 Å². The lowest BCUT2D eigenvalue weighted by molar-refractivity contribution is 1.03. The fourth-order valence-corrected chi connectivity index (χ4v) is 18.7. The molecule has 1 aliphatic carbocycles. The highest BCUT2D eigenvalue weighted by Gasteiger charge is 2.36. The molecule has 0 radical (unpaired) electrons. The first-order chi connectivity index (χ1) is 35.7. The van der Waals surface area contributed by atoms with Gasteiger partial charge in [-0.2, -0.15) is 0 Å². The standard InChI is InChI=1S/C70H56S2/c1-3-28-57(4-2)71(58-33-16-7-17-34-58,59-35-18-8-19-36-59)63-49-45-55(46-50-63)69-67(53-29-12-5-13-30-53)65-43-26-27-44-66(65)68(54-31-14-6-15-32-54)70(69)56-47-51-64(52-48-56)72(60-37-20-9-21-38-60,61-39-22-10-23-40-61)62-41-24-11-25-42-62/h3-10,12-24,26-52H,1-2,11,25H2/b57-28+. The van der Waals surface area contributed by atoms with Crippen molar-refractivity contribution in [3.8, 4) is 44.5 Å². The predicted octanol–water partition coefficient (Wildman–Crippen LogP) is 20.6. The van der Waals surface area contributed by atoms with Crippen molar-refractivity contribution in [1.29, 1.82) is 0 Å². The largest absolute Gasteiger partial charge is 0.133 e. The van der Waals surface area contributed by atoms with Gasteiger partial charge in [0.2, 0.25) is 0 Å². The van der Waals surface area contributed by atoms with Crippen molar-refractivity contribution in [2.45, 2.75) is 42.2 Å². The van der Waals surface area contributed by atoms with E-state index < -0.39 is 20.1 Å². The lowest BCUT2D eigenvalue weighted by Crippen LogP contribution is -2.07. The van der Waals surface area contributed by atoms with Gasteiger partial charge in [-0.3, -0.25) is 0 Å². The molecule has 0 fully saturated rings. The summed E-state index contributed by atoms with van der Waals surface area (Å²) in [6.45, 7) is 8.62. The molecule has 0 aromatic heterocycles. The summed E-state index contributed by atoms with van der Waals surface area (Å²) in [5.41, 5.74) is 9.51. The molecular weight excluding hydrogens is 905 g/mol. The van der Waals surface area contributed by atoms with Crippen molar-refractivity contribution in [2.24, 2.45) is 0 Å². The van der Waals surface area contributed by atoms with Crippen molar-refractivity contribution in [3.63, 3.8) is 0 Å². The molecule has 0 atom stereocenters. The third kappa shape index (κ3) is 8.13. The molecule has 10 aromatic rings. The van der Waals surface area contributed by atoms with Crippen LogP contribution >= 0.6 is 20.1 Å². The lowest BCUT2D eigenvalue weighted by Gasteiger charge is -2.43. The van der Waals surface area contributed by atoms with Gasteiger partial charge in [-0.1, -0.05) is 226 Å². The third-order valence-corrected chi connectivity index (χ3v) is 21.8. The molecule has 0 aliphatic heterocycles. The van der Waals surface area contributed by atoms with Gasteiger partial charge < -0.3 is 0 Å². The summed E-state index contributed by atoms with van der Waals surface area (Å²) in [5.74, 6) is 0. The molecule has 72 heavy (non-hydrogen) atoms. The van der Waals surface area contributed by atoms with Crippen LogP contribution in [0.2, 0.25) is 0 Å².